The van der Waals surface area contributed by atoms with E-state index in [1.807, 2.05) is 60.7 Å². The summed E-state index contributed by atoms with van der Waals surface area (Å²) in [7, 11) is -4.01. The molecule has 8 heteroatoms. The van der Waals surface area contributed by atoms with Gasteiger partial charge in [-0.15, -0.1) is 0 Å². The summed E-state index contributed by atoms with van der Waals surface area (Å²) in [5.41, 5.74) is 1.92. The van der Waals surface area contributed by atoms with Gasteiger partial charge < -0.3 is 4.90 Å². The Balaban J connectivity index is 1.86. The number of likely N-dealkylation sites (N-methyl/N-ethyl adjacent to an activating group) is 1. The Morgan fingerprint density at radius 1 is 0.844 bits per heavy atom. The summed E-state index contributed by atoms with van der Waals surface area (Å²) in [6, 6.07) is 23.4. The summed E-state index contributed by atoms with van der Waals surface area (Å²) in [5, 5.41) is 0.316. The first kappa shape index (κ1) is 24.3. The minimum atomic E-state index is -4.01. The highest BCUT2D eigenvalue weighted by atomic mass is 35.5. The van der Waals surface area contributed by atoms with Gasteiger partial charge in [0, 0.05) is 24.7 Å². The Morgan fingerprint density at radius 3 is 1.88 bits per heavy atom. The average Bonchev–Trinajstić information content (AvgIpc) is 2.79. The zero-order valence-electron chi connectivity index (χ0n) is 17.6. The summed E-state index contributed by atoms with van der Waals surface area (Å²) in [6.45, 7) is 2.22. The Kier molecular flexibility index (Phi) is 8.32. The molecule has 0 unspecified atom stereocenters. The third-order valence-corrected chi connectivity index (χ3v) is 7.60. The lowest BCUT2D eigenvalue weighted by Gasteiger charge is -2.27. The Bertz CT molecular complexity index is 1110. The molecular formula is C24H24Cl2N2O3S. The van der Waals surface area contributed by atoms with Gasteiger partial charge >= 0.3 is 0 Å². The lowest BCUT2D eigenvalue weighted by atomic mass is 10.1. The van der Waals surface area contributed by atoms with Crippen LogP contribution < -0.4 is 0 Å². The van der Waals surface area contributed by atoms with E-state index in [2.05, 4.69) is 0 Å². The molecule has 0 saturated carbocycles. The fraction of sp³-hybridized carbons (Fsp3) is 0.208. The smallest absolute Gasteiger partial charge is 0.245 e. The number of amides is 1. The molecule has 0 aliphatic heterocycles. The molecule has 0 heterocycles. The van der Waals surface area contributed by atoms with Crippen molar-refractivity contribution in [2.24, 2.45) is 0 Å². The number of carbonyl (C=O) groups excluding carboxylic acids is 1. The minimum Gasteiger partial charge on any atom is -0.333 e. The zero-order valence-corrected chi connectivity index (χ0v) is 19.9. The largest absolute Gasteiger partial charge is 0.333 e. The van der Waals surface area contributed by atoms with Gasteiger partial charge in [0.15, 0.2) is 0 Å². The second kappa shape index (κ2) is 11.0. The molecule has 0 atom stereocenters. The molecule has 0 radical (unpaired) electrons. The maximum absolute atomic E-state index is 13.3. The van der Waals surface area contributed by atoms with E-state index in [1.165, 1.54) is 18.2 Å². The molecule has 0 aliphatic rings. The molecule has 0 aliphatic carbocycles. The third kappa shape index (κ3) is 6.11. The van der Waals surface area contributed by atoms with Crippen LogP contribution in [0.4, 0.5) is 0 Å². The van der Waals surface area contributed by atoms with E-state index in [4.69, 9.17) is 23.2 Å². The lowest BCUT2D eigenvalue weighted by Crippen LogP contribution is -2.42. The molecule has 0 fully saturated rings. The van der Waals surface area contributed by atoms with Crippen LogP contribution in [0.5, 0.6) is 0 Å². The average molecular weight is 491 g/mol. The maximum atomic E-state index is 13.3. The van der Waals surface area contributed by atoms with Gasteiger partial charge in [-0.3, -0.25) is 4.79 Å². The molecule has 3 aromatic carbocycles. The minimum absolute atomic E-state index is 0.0609. The van der Waals surface area contributed by atoms with Gasteiger partial charge in [-0.2, -0.15) is 4.31 Å². The van der Waals surface area contributed by atoms with Gasteiger partial charge in [-0.25, -0.2) is 8.42 Å². The molecule has 0 spiro atoms. The second-order valence-corrected chi connectivity index (χ2v) is 9.98. The van der Waals surface area contributed by atoms with Crippen molar-refractivity contribution in [1.29, 1.82) is 0 Å². The number of sulfonamides is 1. The molecular weight excluding hydrogens is 467 g/mol. The number of rotatable bonds is 9. The van der Waals surface area contributed by atoms with E-state index in [9.17, 15) is 13.2 Å². The molecule has 0 saturated heterocycles. The van der Waals surface area contributed by atoms with Crippen LogP contribution in [-0.2, 0) is 27.9 Å². The number of hydrogen-bond donors (Lipinski definition) is 0. The zero-order chi connectivity index (χ0) is 23.1. The van der Waals surface area contributed by atoms with E-state index >= 15 is 0 Å². The lowest BCUT2D eigenvalue weighted by molar-refractivity contribution is -0.132. The summed E-state index contributed by atoms with van der Waals surface area (Å²) >= 11 is 12.1. The number of carbonyl (C=O) groups is 1. The molecule has 5 nitrogen and oxygen atoms in total. The van der Waals surface area contributed by atoms with Crippen molar-refractivity contribution in [1.82, 2.24) is 9.21 Å². The fourth-order valence-electron chi connectivity index (χ4n) is 3.27. The fourth-order valence-corrected chi connectivity index (χ4v) is 5.41. The van der Waals surface area contributed by atoms with E-state index in [1.54, 1.807) is 11.8 Å². The van der Waals surface area contributed by atoms with Crippen LogP contribution in [0.2, 0.25) is 10.0 Å². The first-order chi connectivity index (χ1) is 15.3. The molecule has 3 rings (SSSR count). The van der Waals surface area contributed by atoms with Crippen LogP contribution in [0.15, 0.2) is 83.8 Å². The maximum Gasteiger partial charge on any atom is 0.245 e. The topological polar surface area (TPSA) is 57.7 Å². The molecule has 0 N–H and O–H groups in total. The van der Waals surface area contributed by atoms with Gasteiger partial charge in [0.05, 0.1) is 11.6 Å². The molecule has 3 aromatic rings. The van der Waals surface area contributed by atoms with Crippen LogP contribution in [0.25, 0.3) is 0 Å². The van der Waals surface area contributed by atoms with Gasteiger partial charge in [-0.1, -0.05) is 90.8 Å². The Labute approximate surface area is 199 Å². The van der Waals surface area contributed by atoms with E-state index in [-0.39, 0.29) is 33.9 Å². The number of nitrogens with zero attached hydrogens (tertiary/aromatic N) is 2. The summed E-state index contributed by atoms with van der Waals surface area (Å²) in [4.78, 5) is 14.9. The van der Waals surface area contributed by atoms with Gasteiger partial charge in [0.2, 0.25) is 15.9 Å². The van der Waals surface area contributed by atoms with Crippen LogP contribution in [0.1, 0.15) is 18.1 Å². The molecule has 168 valence electrons. The van der Waals surface area contributed by atoms with E-state index in [0.717, 1.165) is 15.4 Å². The molecule has 1 amide bonds. The van der Waals surface area contributed by atoms with Crippen molar-refractivity contribution < 1.29 is 13.2 Å². The van der Waals surface area contributed by atoms with Crippen molar-refractivity contribution in [2.45, 2.75) is 24.9 Å². The van der Waals surface area contributed by atoms with E-state index in [0.29, 0.717) is 13.1 Å². The van der Waals surface area contributed by atoms with E-state index < -0.39 is 10.0 Å². The summed E-state index contributed by atoms with van der Waals surface area (Å²) < 4.78 is 27.6. The van der Waals surface area contributed by atoms with Gasteiger partial charge in [0.1, 0.15) is 4.90 Å². The van der Waals surface area contributed by atoms with Gasteiger partial charge in [-0.05, 0) is 29.3 Å². The summed E-state index contributed by atoms with van der Waals surface area (Å²) in [5.74, 6) is -0.304. The van der Waals surface area contributed by atoms with Crippen molar-refractivity contribution >= 4 is 39.1 Å². The Hall–Kier alpha value is -2.38. The Morgan fingerprint density at radius 2 is 1.38 bits per heavy atom. The van der Waals surface area contributed by atoms with Crippen LogP contribution in [-0.4, -0.2) is 36.6 Å². The first-order valence-corrected chi connectivity index (χ1v) is 12.3. The normalized spacial score (nSPS) is 11.5. The summed E-state index contributed by atoms with van der Waals surface area (Å²) in [6.07, 6.45) is 0. The SMILES string of the molecule is CCN(CC(=O)N(Cc1ccccc1)Cc1ccccc1)S(=O)(=O)c1cc(Cl)ccc1Cl. The van der Waals surface area contributed by atoms with Crippen molar-refractivity contribution in [3.63, 3.8) is 0 Å². The monoisotopic (exact) mass is 490 g/mol. The van der Waals surface area contributed by atoms with Crippen molar-refractivity contribution in [3.05, 3.63) is 100 Å². The number of benzene rings is 3. The van der Waals surface area contributed by atoms with Crippen molar-refractivity contribution in [2.75, 3.05) is 13.1 Å². The highest BCUT2D eigenvalue weighted by Gasteiger charge is 2.29. The van der Waals surface area contributed by atoms with Gasteiger partial charge in [0.25, 0.3) is 0 Å². The highest BCUT2D eigenvalue weighted by Crippen LogP contribution is 2.28. The number of hydrogen-bond acceptors (Lipinski definition) is 3. The molecule has 0 bridgehead atoms. The highest BCUT2D eigenvalue weighted by molar-refractivity contribution is 7.89. The van der Waals surface area contributed by atoms with Crippen LogP contribution >= 0.6 is 23.2 Å². The number of halogens is 2. The van der Waals surface area contributed by atoms with Crippen LogP contribution in [0, 0.1) is 0 Å². The second-order valence-electron chi connectivity index (χ2n) is 7.23. The van der Waals surface area contributed by atoms with Crippen LogP contribution in [0.3, 0.4) is 0 Å². The molecule has 0 aromatic heterocycles. The molecule has 32 heavy (non-hydrogen) atoms. The quantitative estimate of drug-likeness (QED) is 0.412. The van der Waals surface area contributed by atoms with Crippen molar-refractivity contribution in [3.8, 4) is 0 Å². The predicted octanol–water partition coefficient (Wildman–Crippen LogP) is 5.23. The first-order valence-electron chi connectivity index (χ1n) is 10.1. The standard InChI is InChI=1S/C24H24Cl2N2O3S/c1-2-28(32(30,31)23-15-21(25)13-14-22(23)26)18-24(29)27(16-19-9-5-3-6-10-19)17-20-11-7-4-8-12-20/h3-15H,2,16-18H2,1H3. The third-order valence-electron chi connectivity index (χ3n) is 4.96. The predicted molar refractivity (Wildman–Crippen MR) is 128 cm³/mol.